The molecule has 0 radical (unpaired) electrons. The van der Waals surface area contributed by atoms with Crippen molar-refractivity contribution in [3.8, 4) is 11.4 Å². The molecule has 1 saturated carbocycles. The van der Waals surface area contributed by atoms with Gasteiger partial charge < -0.3 is 9.80 Å². The van der Waals surface area contributed by atoms with Gasteiger partial charge in [0.15, 0.2) is 5.82 Å². The van der Waals surface area contributed by atoms with E-state index in [-0.39, 0.29) is 11.8 Å². The van der Waals surface area contributed by atoms with Crippen molar-refractivity contribution in [3.63, 3.8) is 0 Å². The van der Waals surface area contributed by atoms with Gasteiger partial charge in [-0.25, -0.2) is 4.98 Å². The van der Waals surface area contributed by atoms with E-state index >= 15 is 0 Å². The average molecular weight is 365 g/mol. The number of nitrogens with one attached hydrogen (secondary N) is 1. The Hall–Kier alpha value is -2.70. The number of hydrogen-bond acceptors (Lipinski definition) is 4. The Bertz CT molecular complexity index is 859. The van der Waals surface area contributed by atoms with Gasteiger partial charge in [0.2, 0.25) is 5.91 Å². The van der Waals surface area contributed by atoms with Crippen molar-refractivity contribution in [2.45, 2.75) is 50.1 Å². The van der Waals surface area contributed by atoms with Crippen molar-refractivity contribution < 1.29 is 9.59 Å². The highest BCUT2D eigenvalue weighted by atomic mass is 16.2. The minimum Gasteiger partial charge on any atom is -0.338 e. The molecule has 3 aliphatic rings. The SMILES string of the molecule is O=C(c1ccc(-c2ncn[nH]2)cc1)N1CCCC12CCCN(C1CC1)C2=O. The van der Waals surface area contributed by atoms with E-state index in [0.717, 1.165) is 50.6 Å². The molecular formula is C20H23N5O2. The number of likely N-dealkylation sites (tertiary alicyclic amines) is 2. The van der Waals surface area contributed by atoms with Gasteiger partial charge in [-0.1, -0.05) is 12.1 Å². The molecule has 3 heterocycles. The van der Waals surface area contributed by atoms with Crippen LogP contribution >= 0.6 is 0 Å². The molecule has 7 nitrogen and oxygen atoms in total. The van der Waals surface area contributed by atoms with Gasteiger partial charge in [0.25, 0.3) is 5.91 Å². The smallest absolute Gasteiger partial charge is 0.254 e. The van der Waals surface area contributed by atoms with Gasteiger partial charge in [-0.15, -0.1) is 0 Å². The zero-order valence-electron chi connectivity index (χ0n) is 15.2. The highest BCUT2D eigenvalue weighted by Crippen LogP contribution is 2.42. The van der Waals surface area contributed by atoms with E-state index in [4.69, 9.17) is 0 Å². The third-order valence-electron chi connectivity index (χ3n) is 6.19. The molecule has 2 aliphatic heterocycles. The first-order valence-corrected chi connectivity index (χ1v) is 9.78. The summed E-state index contributed by atoms with van der Waals surface area (Å²) in [7, 11) is 0. The summed E-state index contributed by atoms with van der Waals surface area (Å²) in [5.74, 6) is 0.817. The second kappa shape index (κ2) is 6.18. The number of aromatic amines is 1. The molecular weight excluding hydrogens is 342 g/mol. The number of carbonyl (C=O) groups is 2. The Morgan fingerprint density at radius 3 is 2.52 bits per heavy atom. The van der Waals surface area contributed by atoms with Crippen LogP contribution < -0.4 is 0 Å². The van der Waals surface area contributed by atoms with Gasteiger partial charge in [-0.3, -0.25) is 14.7 Å². The van der Waals surface area contributed by atoms with Crippen LogP contribution in [0.4, 0.5) is 0 Å². The van der Waals surface area contributed by atoms with Crippen LogP contribution in [0.3, 0.4) is 0 Å². The fraction of sp³-hybridized carbons (Fsp3) is 0.500. The lowest BCUT2D eigenvalue weighted by molar-refractivity contribution is -0.146. The number of amides is 2. The van der Waals surface area contributed by atoms with Crippen molar-refractivity contribution in [1.82, 2.24) is 25.0 Å². The van der Waals surface area contributed by atoms with Crippen molar-refractivity contribution in [3.05, 3.63) is 36.2 Å². The molecule has 1 spiro atoms. The summed E-state index contributed by atoms with van der Waals surface area (Å²) in [4.78, 5) is 34.6. The number of carbonyl (C=O) groups excluding carboxylic acids is 2. The van der Waals surface area contributed by atoms with E-state index in [0.29, 0.717) is 24.0 Å². The van der Waals surface area contributed by atoms with Crippen LogP contribution in [0.15, 0.2) is 30.6 Å². The summed E-state index contributed by atoms with van der Waals surface area (Å²) in [6, 6.07) is 7.79. The Balaban J connectivity index is 1.41. The Morgan fingerprint density at radius 1 is 1.11 bits per heavy atom. The molecule has 2 aromatic rings. The molecule has 1 atom stereocenters. The van der Waals surface area contributed by atoms with Crippen LogP contribution in [0.25, 0.3) is 11.4 Å². The Morgan fingerprint density at radius 2 is 1.85 bits per heavy atom. The molecule has 3 fully saturated rings. The van der Waals surface area contributed by atoms with Gasteiger partial charge in [-0.05, 0) is 50.7 Å². The van der Waals surface area contributed by atoms with Crippen molar-refractivity contribution in [2.24, 2.45) is 0 Å². The number of benzene rings is 1. The first-order valence-electron chi connectivity index (χ1n) is 9.78. The van der Waals surface area contributed by atoms with Crippen LogP contribution in [-0.2, 0) is 4.79 Å². The minimum absolute atomic E-state index is 0.0392. The summed E-state index contributed by atoms with van der Waals surface area (Å²) in [5, 5.41) is 6.68. The maximum Gasteiger partial charge on any atom is 0.254 e. The van der Waals surface area contributed by atoms with Crippen LogP contribution in [0.5, 0.6) is 0 Å². The van der Waals surface area contributed by atoms with E-state index in [2.05, 4.69) is 15.2 Å². The van der Waals surface area contributed by atoms with E-state index in [1.165, 1.54) is 6.33 Å². The first kappa shape index (κ1) is 16.5. The highest BCUT2D eigenvalue weighted by Gasteiger charge is 2.54. The lowest BCUT2D eigenvalue weighted by Gasteiger charge is -2.44. The maximum absolute atomic E-state index is 13.3. The van der Waals surface area contributed by atoms with Gasteiger partial charge in [-0.2, -0.15) is 5.10 Å². The van der Waals surface area contributed by atoms with E-state index < -0.39 is 5.54 Å². The fourth-order valence-electron chi connectivity index (χ4n) is 4.68. The standard InChI is InChI=1S/C20H23N5O2/c26-18(15-5-3-14(4-6-15)17-21-13-22-23-17)25-12-2-10-20(25)9-1-11-24(19(20)27)16-7-8-16/h3-6,13,16H,1-2,7-12H2,(H,21,22,23). The number of H-pyrrole nitrogens is 1. The topological polar surface area (TPSA) is 82.2 Å². The van der Waals surface area contributed by atoms with Crippen LogP contribution in [0.1, 0.15) is 48.9 Å². The molecule has 140 valence electrons. The zero-order chi connectivity index (χ0) is 18.4. The van der Waals surface area contributed by atoms with Gasteiger partial charge in [0.05, 0.1) is 0 Å². The molecule has 1 aromatic carbocycles. The van der Waals surface area contributed by atoms with E-state index in [1.807, 2.05) is 34.1 Å². The number of hydrogen-bond donors (Lipinski definition) is 1. The molecule has 1 aromatic heterocycles. The number of rotatable bonds is 3. The van der Waals surface area contributed by atoms with Crippen molar-refractivity contribution in [1.29, 1.82) is 0 Å². The van der Waals surface area contributed by atoms with Gasteiger partial charge in [0.1, 0.15) is 11.9 Å². The summed E-state index contributed by atoms with van der Waals surface area (Å²) in [6.07, 6.45) is 7.14. The predicted molar refractivity (Wildman–Crippen MR) is 98.8 cm³/mol. The molecule has 1 N–H and O–H groups in total. The molecule has 0 bridgehead atoms. The van der Waals surface area contributed by atoms with Crippen LogP contribution in [0.2, 0.25) is 0 Å². The normalized spacial score (nSPS) is 25.4. The van der Waals surface area contributed by atoms with Gasteiger partial charge >= 0.3 is 0 Å². The molecule has 27 heavy (non-hydrogen) atoms. The van der Waals surface area contributed by atoms with E-state index in [1.54, 1.807) is 0 Å². The summed E-state index contributed by atoms with van der Waals surface area (Å²) >= 11 is 0. The monoisotopic (exact) mass is 365 g/mol. The van der Waals surface area contributed by atoms with Crippen LogP contribution in [-0.4, -0.2) is 61.5 Å². The Kier molecular flexibility index (Phi) is 3.77. The summed E-state index contributed by atoms with van der Waals surface area (Å²) < 4.78 is 0. The predicted octanol–water partition coefficient (Wildman–Crippen LogP) is 2.23. The number of nitrogens with zero attached hydrogens (tertiary/aromatic N) is 4. The lowest BCUT2D eigenvalue weighted by Crippen LogP contribution is -2.61. The fourth-order valence-corrected chi connectivity index (χ4v) is 4.68. The largest absolute Gasteiger partial charge is 0.338 e. The summed E-state index contributed by atoms with van der Waals surface area (Å²) in [6.45, 7) is 1.51. The molecule has 7 heteroatoms. The minimum atomic E-state index is -0.623. The quantitative estimate of drug-likeness (QED) is 0.904. The molecule has 2 saturated heterocycles. The second-order valence-electron chi connectivity index (χ2n) is 7.84. The third-order valence-corrected chi connectivity index (χ3v) is 6.19. The second-order valence-corrected chi connectivity index (χ2v) is 7.84. The van der Waals surface area contributed by atoms with Crippen molar-refractivity contribution in [2.75, 3.05) is 13.1 Å². The number of piperidine rings is 1. The summed E-state index contributed by atoms with van der Waals surface area (Å²) in [5.41, 5.74) is 0.881. The average Bonchev–Trinajstić information content (AvgIpc) is 3.22. The lowest BCUT2D eigenvalue weighted by atomic mass is 9.85. The maximum atomic E-state index is 13.3. The first-order chi connectivity index (χ1) is 13.2. The molecule has 5 rings (SSSR count). The third kappa shape index (κ3) is 2.64. The van der Waals surface area contributed by atoms with Crippen molar-refractivity contribution >= 4 is 11.8 Å². The molecule has 1 unspecified atom stereocenters. The molecule has 2 amide bonds. The van der Waals surface area contributed by atoms with Gasteiger partial charge in [0, 0.05) is 30.3 Å². The molecule has 1 aliphatic carbocycles. The Labute approximate surface area is 157 Å². The van der Waals surface area contributed by atoms with Crippen LogP contribution in [0, 0.1) is 0 Å². The number of aromatic nitrogens is 3. The highest BCUT2D eigenvalue weighted by molar-refractivity contribution is 6.00. The van der Waals surface area contributed by atoms with E-state index in [9.17, 15) is 9.59 Å². The zero-order valence-corrected chi connectivity index (χ0v) is 15.2.